The first kappa shape index (κ1) is 14.0. The number of carbonyl (C=O) groups is 2. The Balaban J connectivity index is 2.09. The zero-order chi connectivity index (χ0) is 13.8. The summed E-state index contributed by atoms with van der Waals surface area (Å²) in [5.74, 6) is -1.29. The minimum atomic E-state index is -1.05. The third kappa shape index (κ3) is 3.76. The van der Waals surface area contributed by atoms with Crippen LogP contribution in [0.2, 0.25) is 0 Å². The van der Waals surface area contributed by atoms with Gasteiger partial charge >= 0.3 is 5.97 Å². The van der Waals surface area contributed by atoms with Crippen molar-refractivity contribution in [3.05, 3.63) is 28.2 Å². The predicted octanol–water partition coefficient (Wildman–Crippen LogP) is 1.07. The van der Waals surface area contributed by atoms with Crippen molar-refractivity contribution < 1.29 is 19.4 Å². The molecular formula is C12H13BrN2O4. The van der Waals surface area contributed by atoms with Gasteiger partial charge in [-0.3, -0.25) is 4.79 Å². The van der Waals surface area contributed by atoms with Crippen LogP contribution in [0.25, 0.3) is 0 Å². The van der Waals surface area contributed by atoms with Gasteiger partial charge in [-0.15, -0.1) is 0 Å². The minimum Gasteiger partial charge on any atom is -0.478 e. The number of anilines is 1. The first-order valence-electron chi connectivity index (χ1n) is 5.72. The average molecular weight is 329 g/mol. The fraction of sp³-hybridized carbons (Fsp3) is 0.333. The fourth-order valence-corrected chi connectivity index (χ4v) is 2.24. The lowest BCUT2D eigenvalue weighted by Gasteiger charge is -2.23. The summed E-state index contributed by atoms with van der Waals surface area (Å²) < 4.78 is 5.79. The third-order valence-corrected chi connectivity index (χ3v) is 3.11. The van der Waals surface area contributed by atoms with Gasteiger partial charge in [0.25, 0.3) is 0 Å². The number of carboxylic acids is 1. The molecule has 1 saturated heterocycles. The Morgan fingerprint density at radius 1 is 1.42 bits per heavy atom. The van der Waals surface area contributed by atoms with Crippen LogP contribution in [0.3, 0.4) is 0 Å². The number of aromatic carboxylic acids is 1. The molecule has 0 spiro atoms. The molecule has 102 valence electrons. The Morgan fingerprint density at radius 3 is 2.84 bits per heavy atom. The van der Waals surface area contributed by atoms with Gasteiger partial charge in [-0.2, -0.15) is 0 Å². The van der Waals surface area contributed by atoms with Crippen LogP contribution in [-0.4, -0.2) is 42.8 Å². The molecule has 0 aromatic heterocycles. The standard InChI is InChI=1S/C12H13BrN2O4/c13-8-3-7(12(17)18)4-9(5-8)15-11(16)10-6-19-2-1-14-10/h3-5,10,14H,1-2,6H2,(H,15,16)(H,17,18). The minimum absolute atomic E-state index is 0.109. The molecule has 7 heteroatoms. The predicted molar refractivity (Wildman–Crippen MR) is 72.3 cm³/mol. The van der Waals surface area contributed by atoms with Gasteiger partial charge in [0, 0.05) is 16.7 Å². The van der Waals surface area contributed by atoms with E-state index in [9.17, 15) is 9.59 Å². The maximum absolute atomic E-state index is 11.9. The third-order valence-electron chi connectivity index (χ3n) is 2.65. The number of carboxylic acid groups (broad SMARTS) is 1. The number of nitrogens with one attached hydrogen (secondary N) is 2. The second-order valence-electron chi connectivity index (χ2n) is 4.10. The van der Waals surface area contributed by atoms with E-state index in [2.05, 4.69) is 26.6 Å². The number of ether oxygens (including phenoxy) is 1. The van der Waals surface area contributed by atoms with Gasteiger partial charge in [0.05, 0.1) is 18.8 Å². The SMILES string of the molecule is O=C(O)c1cc(Br)cc(NC(=O)C2COCCN2)c1. The zero-order valence-electron chi connectivity index (χ0n) is 9.98. The molecule has 1 aromatic carbocycles. The van der Waals surface area contributed by atoms with Crippen molar-refractivity contribution >= 4 is 33.5 Å². The number of morpholine rings is 1. The van der Waals surface area contributed by atoms with E-state index in [4.69, 9.17) is 9.84 Å². The van der Waals surface area contributed by atoms with Crippen molar-refractivity contribution in [2.75, 3.05) is 25.1 Å². The number of carbonyl (C=O) groups excluding carboxylic acids is 1. The second kappa shape index (κ2) is 6.14. The molecule has 19 heavy (non-hydrogen) atoms. The fourth-order valence-electron chi connectivity index (χ4n) is 1.75. The van der Waals surface area contributed by atoms with Gasteiger partial charge in [0.15, 0.2) is 0 Å². The molecule has 3 N–H and O–H groups in total. The highest BCUT2D eigenvalue weighted by atomic mass is 79.9. The van der Waals surface area contributed by atoms with Crippen LogP contribution < -0.4 is 10.6 Å². The molecule has 1 aliphatic rings. The summed E-state index contributed by atoms with van der Waals surface area (Å²) in [4.78, 5) is 22.9. The number of rotatable bonds is 3. The lowest BCUT2D eigenvalue weighted by molar-refractivity contribution is -0.120. The van der Waals surface area contributed by atoms with E-state index < -0.39 is 12.0 Å². The van der Waals surface area contributed by atoms with Crippen molar-refractivity contribution in [1.29, 1.82) is 0 Å². The van der Waals surface area contributed by atoms with Crippen LogP contribution in [0, 0.1) is 0 Å². The molecule has 1 heterocycles. The Morgan fingerprint density at radius 2 is 2.21 bits per heavy atom. The largest absolute Gasteiger partial charge is 0.478 e. The monoisotopic (exact) mass is 328 g/mol. The first-order valence-corrected chi connectivity index (χ1v) is 6.51. The number of halogens is 1. The quantitative estimate of drug-likeness (QED) is 0.772. The summed E-state index contributed by atoms with van der Waals surface area (Å²) in [5, 5.41) is 14.6. The highest BCUT2D eigenvalue weighted by Gasteiger charge is 2.21. The van der Waals surface area contributed by atoms with E-state index in [1.807, 2.05) is 0 Å². The summed E-state index contributed by atoms with van der Waals surface area (Å²) in [6.45, 7) is 1.52. The molecule has 1 unspecified atom stereocenters. The number of benzene rings is 1. The number of amides is 1. The summed E-state index contributed by atoms with van der Waals surface area (Å²) in [5.41, 5.74) is 0.543. The first-order chi connectivity index (χ1) is 9.06. The van der Waals surface area contributed by atoms with Crippen LogP contribution in [-0.2, 0) is 9.53 Å². The van der Waals surface area contributed by atoms with Gasteiger partial charge in [-0.05, 0) is 18.2 Å². The number of hydrogen-bond donors (Lipinski definition) is 3. The maximum atomic E-state index is 11.9. The van der Waals surface area contributed by atoms with Crippen LogP contribution in [0.4, 0.5) is 5.69 Å². The molecule has 0 radical (unpaired) electrons. The molecule has 2 rings (SSSR count). The molecule has 1 aliphatic heterocycles. The van der Waals surface area contributed by atoms with Crippen LogP contribution >= 0.6 is 15.9 Å². The highest BCUT2D eigenvalue weighted by molar-refractivity contribution is 9.10. The van der Waals surface area contributed by atoms with Crippen molar-refractivity contribution in [2.45, 2.75) is 6.04 Å². The molecule has 1 atom stereocenters. The van der Waals surface area contributed by atoms with E-state index in [1.54, 1.807) is 6.07 Å². The number of hydrogen-bond acceptors (Lipinski definition) is 4. The highest BCUT2D eigenvalue weighted by Crippen LogP contribution is 2.20. The van der Waals surface area contributed by atoms with Crippen molar-refractivity contribution in [3.63, 3.8) is 0 Å². The molecule has 6 nitrogen and oxygen atoms in total. The van der Waals surface area contributed by atoms with Crippen LogP contribution in [0.15, 0.2) is 22.7 Å². The van der Waals surface area contributed by atoms with E-state index >= 15 is 0 Å². The van der Waals surface area contributed by atoms with Crippen LogP contribution in [0.1, 0.15) is 10.4 Å². The van der Waals surface area contributed by atoms with Gasteiger partial charge in [-0.1, -0.05) is 15.9 Å². The summed E-state index contributed by atoms with van der Waals surface area (Å²) in [7, 11) is 0. The summed E-state index contributed by atoms with van der Waals surface area (Å²) in [6.07, 6.45) is 0. The molecule has 0 aliphatic carbocycles. The van der Waals surface area contributed by atoms with E-state index in [-0.39, 0.29) is 11.5 Å². The van der Waals surface area contributed by atoms with Crippen molar-refractivity contribution in [1.82, 2.24) is 5.32 Å². The Bertz CT molecular complexity index is 501. The summed E-state index contributed by atoms with van der Waals surface area (Å²) in [6, 6.07) is 4.11. The molecule has 1 aromatic rings. The molecule has 0 bridgehead atoms. The molecule has 1 amide bonds. The molecule has 0 saturated carbocycles. The molecular weight excluding hydrogens is 316 g/mol. The van der Waals surface area contributed by atoms with Gasteiger partial charge in [-0.25, -0.2) is 4.79 Å². The lowest BCUT2D eigenvalue weighted by atomic mass is 10.2. The molecule has 1 fully saturated rings. The van der Waals surface area contributed by atoms with Crippen molar-refractivity contribution in [3.8, 4) is 0 Å². The topological polar surface area (TPSA) is 87.7 Å². The smallest absolute Gasteiger partial charge is 0.335 e. The van der Waals surface area contributed by atoms with Gasteiger partial charge in [0.2, 0.25) is 5.91 Å². The van der Waals surface area contributed by atoms with Gasteiger partial charge in [0.1, 0.15) is 6.04 Å². The Labute approximate surface area is 118 Å². The van der Waals surface area contributed by atoms with Gasteiger partial charge < -0.3 is 20.5 Å². The second-order valence-corrected chi connectivity index (χ2v) is 5.02. The normalized spacial score (nSPS) is 18.9. The summed E-state index contributed by atoms with van der Waals surface area (Å²) >= 11 is 3.21. The zero-order valence-corrected chi connectivity index (χ0v) is 11.6. The van der Waals surface area contributed by atoms with E-state index in [0.29, 0.717) is 29.9 Å². The Kier molecular flexibility index (Phi) is 4.52. The van der Waals surface area contributed by atoms with E-state index in [0.717, 1.165) is 0 Å². The Hall–Kier alpha value is -1.44. The average Bonchev–Trinajstić information content (AvgIpc) is 2.39. The van der Waals surface area contributed by atoms with Crippen LogP contribution in [0.5, 0.6) is 0 Å². The van der Waals surface area contributed by atoms with Crippen molar-refractivity contribution in [2.24, 2.45) is 0 Å². The lowest BCUT2D eigenvalue weighted by Crippen LogP contribution is -2.48. The maximum Gasteiger partial charge on any atom is 0.335 e. The van der Waals surface area contributed by atoms with E-state index in [1.165, 1.54) is 12.1 Å².